The van der Waals surface area contributed by atoms with Crippen molar-refractivity contribution in [3.63, 3.8) is 0 Å². The van der Waals surface area contributed by atoms with Crippen LogP contribution in [0.5, 0.6) is 0 Å². The maximum atomic E-state index is 11.0. The predicted molar refractivity (Wildman–Crippen MR) is 104 cm³/mol. The molecule has 1 saturated heterocycles. The summed E-state index contributed by atoms with van der Waals surface area (Å²) in [6, 6.07) is 1.92. The second-order valence-corrected chi connectivity index (χ2v) is 6.77. The van der Waals surface area contributed by atoms with Crippen LogP contribution in [0.3, 0.4) is 0 Å². The van der Waals surface area contributed by atoms with E-state index in [1.165, 1.54) is 0 Å². The Balaban J connectivity index is 1.39. The fourth-order valence-electron chi connectivity index (χ4n) is 3.19. The van der Waals surface area contributed by atoms with E-state index in [0.29, 0.717) is 12.5 Å². The van der Waals surface area contributed by atoms with Gasteiger partial charge in [-0.3, -0.25) is 14.4 Å². The van der Waals surface area contributed by atoms with Crippen LogP contribution in [0, 0.1) is 0 Å². The van der Waals surface area contributed by atoms with Gasteiger partial charge in [-0.05, 0) is 6.07 Å². The zero-order chi connectivity index (χ0) is 19.3. The SMILES string of the molecule is NC(=O)CCn1ccc2cnc(Nc3cnn(CCN4CCOCC4)c3)nc21. The predicted octanol–water partition coefficient (Wildman–Crippen LogP) is 0.579. The van der Waals surface area contributed by atoms with E-state index in [4.69, 9.17) is 10.5 Å². The lowest BCUT2D eigenvalue weighted by Gasteiger charge is -2.26. The molecule has 1 aliphatic heterocycles. The first-order valence-electron chi connectivity index (χ1n) is 9.37. The molecule has 3 N–H and O–H groups in total. The highest BCUT2D eigenvalue weighted by Crippen LogP contribution is 2.17. The van der Waals surface area contributed by atoms with Gasteiger partial charge >= 0.3 is 0 Å². The number of nitrogens with one attached hydrogen (secondary N) is 1. The fourth-order valence-corrected chi connectivity index (χ4v) is 3.19. The summed E-state index contributed by atoms with van der Waals surface area (Å²) in [7, 11) is 0. The van der Waals surface area contributed by atoms with E-state index >= 15 is 0 Å². The highest BCUT2D eigenvalue weighted by molar-refractivity contribution is 5.77. The molecule has 28 heavy (non-hydrogen) atoms. The molecule has 148 valence electrons. The summed E-state index contributed by atoms with van der Waals surface area (Å²) in [5.41, 5.74) is 6.84. The van der Waals surface area contributed by atoms with E-state index in [1.54, 1.807) is 12.4 Å². The third kappa shape index (κ3) is 4.46. The lowest BCUT2D eigenvalue weighted by Crippen LogP contribution is -2.38. The Morgan fingerprint density at radius 3 is 2.89 bits per heavy atom. The summed E-state index contributed by atoms with van der Waals surface area (Å²) >= 11 is 0. The maximum Gasteiger partial charge on any atom is 0.229 e. The van der Waals surface area contributed by atoms with Gasteiger partial charge in [0.1, 0.15) is 5.65 Å². The molecule has 0 unspecified atom stereocenters. The molecule has 1 aliphatic rings. The summed E-state index contributed by atoms with van der Waals surface area (Å²) in [4.78, 5) is 22.3. The molecule has 0 aliphatic carbocycles. The number of anilines is 2. The van der Waals surface area contributed by atoms with E-state index < -0.39 is 0 Å². The number of aryl methyl sites for hydroxylation is 1. The molecule has 4 rings (SSSR count). The smallest absolute Gasteiger partial charge is 0.229 e. The third-order valence-electron chi connectivity index (χ3n) is 4.74. The molecule has 10 nitrogen and oxygen atoms in total. The van der Waals surface area contributed by atoms with E-state index in [-0.39, 0.29) is 12.3 Å². The zero-order valence-electron chi connectivity index (χ0n) is 15.6. The molecule has 3 aromatic rings. The van der Waals surface area contributed by atoms with Crippen LogP contribution in [-0.4, -0.2) is 68.0 Å². The molecule has 4 heterocycles. The van der Waals surface area contributed by atoms with Crippen LogP contribution in [0.4, 0.5) is 11.6 Å². The van der Waals surface area contributed by atoms with Crippen molar-refractivity contribution < 1.29 is 9.53 Å². The van der Waals surface area contributed by atoms with Crippen molar-refractivity contribution in [2.45, 2.75) is 19.5 Å². The Morgan fingerprint density at radius 1 is 1.21 bits per heavy atom. The minimum absolute atomic E-state index is 0.270. The average molecular weight is 384 g/mol. The first-order chi connectivity index (χ1) is 13.7. The first-order valence-corrected chi connectivity index (χ1v) is 9.37. The monoisotopic (exact) mass is 384 g/mol. The van der Waals surface area contributed by atoms with Crippen molar-refractivity contribution in [1.29, 1.82) is 0 Å². The standard InChI is InChI=1S/C18H24N8O2/c19-16(27)2-4-25-3-1-14-11-20-18(23-17(14)25)22-15-12-21-26(13-15)6-5-24-7-9-28-10-8-24/h1,3,11-13H,2,4-10H2,(H2,19,27)(H,20,22,23). The molecule has 10 heteroatoms. The van der Waals surface area contributed by atoms with Gasteiger partial charge in [-0.25, -0.2) is 4.98 Å². The number of carbonyl (C=O) groups excluding carboxylic acids is 1. The van der Waals surface area contributed by atoms with Gasteiger partial charge in [0.05, 0.1) is 31.6 Å². The Labute approximate surface area is 162 Å². The maximum absolute atomic E-state index is 11.0. The Hall–Kier alpha value is -2.98. The molecule has 1 amide bonds. The number of amides is 1. The molecular weight excluding hydrogens is 360 g/mol. The van der Waals surface area contributed by atoms with Crippen molar-refractivity contribution in [3.8, 4) is 0 Å². The van der Waals surface area contributed by atoms with Crippen molar-refractivity contribution in [2.75, 3.05) is 38.2 Å². The number of nitrogens with two attached hydrogens (primary N) is 1. The lowest BCUT2D eigenvalue weighted by molar-refractivity contribution is -0.118. The van der Waals surface area contributed by atoms with Gasteiger partial charge in [0.2, 0.25) is 11.9 Å². The van der Waals surface area contributed by atoms with Gasteiger partial charge in [0.25, 0.3) is 0 Å². The van der Waals surface area contributed by atoms with Gasteiger partial charge in [-0.15, -0.1) is 0 Å². The highest BCUT2D eigenvalue weighted by Gasteiger charge is 2.11. The number of nitrogens with zero attached hydrogens (tertiary/aromatic N) is 6. The molecule has 3 aromatic heterocycles. The van der Waals surface area contributed by atoms with Crippen LogP contribution in [0.25, 0.3) is 11.0 Å². The topological polar surface area (TPSA) is 116 Å². The number of primary amides is 1. The number of hydrogen-bond acceptors (Lipinski definition) is 7. The van der Waals surface area contributed by atoms with Crippen molar-refractivity contribution in [2.24, 2.45) is 5.73 Å². The summed E-state index contributed by atoms with van der Waals surface area (Å²) in [6.45, 7) is 5.79. The number of hydrogen-bond donors (Lipinski definition) is 2. The van der Waals surface area contributed by atoms with Gasteiger partial charge in [-0.2, -0.15) is 10.1 Å². The number of morpholine rings is 1. The Kier molecular flexibility index (Phi) is 5.49. The Morgan fingerprint density at radius 2 is 2.07 bits per heavy atom. The summed E-state index contributed by atoms with van der Waals surface area (Å²) < 4.78 is 9.18. The van der Waals surface area contributed by atoms with Crippen LogP contribution in [0.15, 0.2) is 30.9 Å². The van der Waals surface area contributed by atoms with E-state index in [2.05, 4.69) is 25.3 Å². The van der Waals surface area contributed by atoms with Gasteiger partial charge in [-0.1, -0.05) is 0 Å². The minimum Gasteiger partial charge on any atom is -0.379 e. The number of rotatable bonds is 8. The van der Waals surface area contributed by atoms with Crippen LogP contribution in [0.2, 0.25) is 0 Å². The van der Waals surface area contributed by atoms with Crippen LogP contribution < -0.4 is 11.1 Å². The fraction of sp³-hybridized carbons (Fsp3) is 0.444. The van der Waals surface area contributed by atoms with Crippen molar-refractivity contribution >= 4 is 28.6 Å². The highest BCUT2D eigenvalue weighted by atomic mass is 16.5. The molecular formula is C18H24N8O2. The van der Waals surface area contributed by atoms with E-state index in [9.17, 15) is 4.79 Å². The second kappa shape index (κ2) is 8.36. The molecule has 0 radical (unpaired) electrons. The van der Waals surface area contributed by atoms with Gasteiger partial charge in [0.15, 0.2) is 0 Å². The molecule has 0 bridgehead atoms. The first kappa shape index (κ1) is 18.4. The average Bonchev–Trinajstić information content (AvgIpc) is 3.32. The molecule has 0 atom stereocenters. The second-order valence-electron chi connectivity index (χ2n) is 6.77. The Bertz CT molecular complexity index is 944. The largest absolute Gasteiger partial charge is 0.379 e. The minimum atomic E-state index is -0.334. The van der Waals surface area contributed by atoms with Crippen LogP contribution in [0.1, 0.15) is 6.42 Å². The van der Waals surface area contributed by atoms with E-state index in [0.717, 1.165) is 56.1 Å². The molecule has 0 aromatic carbocycles. The van der Waals surface area contributed by atoms with Gasteiger partial charge in [0, 0.05) is 56.6 Å². The number of fused-ring (bicyclic) bond motifs is 1. The molecule has 0 spiro atoms. The summed E-state index contributed by atoms with van der Waals surface area (Å²) in [5.74, 6) is 0.151. The summed E-state index contributed by atoms with van der Waals surface area (Å²) in [5, 5.41) is 8.50. The normalized spacial score (nSPS) is 15.1. The van der Waals surface area contributed by atoms with Gasteiger partial charge < -0.3 is 20.4 Å². The van der Waals surface area contributed by atoms with E-state index in [1.807, 2.05) is 27.7 Å². The number of carbonyl (C=O) groups is 1. The zero-order valence-corrected chi connectivity index (χ0v) is 15.6. The lowest BCUT2D eigenvalue weighted by atomic mass is 10.4. The molecule has 0 saturated carbocycles. The summed E-state index contributed by atoms with van der Waals surface area (Å²) in [6.07, 6.45) is 7.62. The van der Waals surface area contributed by atoms with Crippen LogP contribution >= 0.6 is 0 Å². The third-order valence-corrected chi connectivity index (χ3v) is 4.74. The van der Waals surface area contributed by atoms with Crippen molar-refractivity contribution in [1.82, 2.24) is 29.2 Å². The number of aromatic nitrogens is 5. The molecule has 1 fully saturated rings. The van der Waals surface area contributed by atoms with Crippen molar-refractivity contribution in [3.05, 3.63) is 30.9 Å². The number of ether oxygens (including phenoxy) is 1. The van der Waals surface area contributed by atoms with Crippen LogP contribution in [-0.2, 0) is 22.6 Å². The quantitative estimate of drug-likeness (QED) is 0.583.